The first-order chi connectivity index (χ1) is 8.42. The fraction of sp³-hybridized carbons (Fsp3) is 0.727. The van der Waals surface area contributed by atoms with Crippen molar-refractivity contribution in [2.24, 2.45) is 0 Å². The highest BCUT2D eigenvalue weighted by Crippen LogP contribution is 2.01. The lowest BCUT2D eigenvalue weighted by molar-refractivity contribution is -0.146. The first-order valence-corrected chi connectivity index (χ1v) is 5.64. The van der Waals surface area contributed by atoms with E-state index in [2.05, 4.69) is 10.1 Å². The number of carboxylic acids is 1. The second-order valence-electron chi connectivity index (χ2n) is 3.62. The fourth-order valence-electron chi connectivity index (χ4n) is 1.15. The van der Waals surface area contributed by atoms with E-state index in [0.29, 0.717) is 0 Å². The molecule has 7 heteroatoms. The van der Waals surface area contributed by atoms with Gasteiger partial charge in [0, 0.05) is 13.5 Å². The molecule has 0 saturated heterocycles. The minimum atomic E-state index is -1.20. The number of rotatable bonds is 8. The number of hydrogen-bond acceptors (Lipinski definition) is 5. The van der Waals surface area contributed by atoms with Gasteiger partial charge >= 0.3 is 11.9 Å². The third-order valence-electron chi connectivity index (χ3n) is 2.28. The van der Waals surface area contributed by atoms with Crippen molar-refractivity contribution in [3.05, 3.63) is 0 Å². The largest absolute Gasteiger partial charge is 0.480 e. The zero-order chi connectivity index (χ0) is 14.1. The molecule has 0 fully saturated rings. The second-order valence-corrected chi connectivity index (χ2v) is 3.62. The molecule has 0 saturated carbocycles. The number of nitrogens with one attached hydrogen (secondary N) is 1. The van der Waals surface area contributed by atoms with Crippen molar-refractivity contribution in [1.82, 2.24) is 5.32 Å². The highest BCUT2D eigenvalue weighted by molar-refractivity contribution is 5.86. The molecule has 1 amide bonds. The van der Waals surface area contributed by atoms with Crippen molar-refractivity contribution in [3.8, 4) is 0 Å². The van der Waals surface area contributed by atoms with Crippen LogP contribution in [0.15, 0.2) is 0 Å². The number of ether oxygens (including phenoxy) is 2. The summed E-state index contributed by atoms with van der Waals surface area (Å²) in [5.74, 6) is -2.22. The van der Waals surface area contributed by atoms with Crippen LogP contribution in [-0.2, 0) is 23.9 Å². The van der Waals surface area contributed by atoms with Crippen LogP contribution in [0.3, 0.4) is 0 Å². The van der Waals surface area contributed by atoms with Gasteiger partial charge in [-0.25, -0.2) is 4.79 Å². The molecule has 0 aliphatic heterocycles. The first-order valence-electron chi connectivity index (χ1n) is 5.64. The summed E-state index contributed by atoms with van der Waals surface area (Å²) in [7, 11) is 1.35. The molecule has 0 aliphatic carbocycles. The molecular weight excluding hydrogens is 242 g/mol. The Morgan fingerprint density at radius 3 is 2.39 bits per heavy atom. The quantitative estimate of drug-likeness (QED) is 0.593. The molecule has 18 heavy (non-hydrogen) atoms. The van der Waals surface area contributed by atoms with Crippen molar-refractivity contribution in [2.75, 3.05) is 13.7 Å². The van der Waals surface area contributed by atoms with Crippen LogP contribution < -0.4 is 5.32 Å². The van der Waals surface area contributed by atoms with Crippen LogP contribution in [-0.4, -0.2) is 48.8 Å². The Bertz CT molecular complexity index is 304. The summed E-state index contributed by atoms with van der Waals surface area (Å²) >= 11 is 0. The Labute approximate surface area is 105 Å². The second kappa shape index (κ2) is 8.46. The van der Waals surface area contributed by atoms with E-state index in [1.165, 1.54) is 14.0 Å². The molecule has 0 heterocycles. The molecular formula is C11H19NO6. The molecule has 0 rings (SSSR count). The third kappa shape index (κ3) is 6.19. The van der Waals surface area contributed by atoms with Crippen LogP contribution in [0.1, 0.15) is 26.7 Å². The summed E-state index contributed by atoms with van der Waals surface area (Å²) in [6.07, 6.45) is -0.822. The zero-order valence-electron chi connectivity index (χ0n) is 10.8. The molecule has 0 radical (unpaired) electrons. The number of methoxy groups -OCH3 is 1. The molecule has 0 aromatic carbocycles. The Balaban J connectivity index is 4.28. The summed E-state index contributed by atoms with van der Waals surface area (Å²) in [5, 5.41) is 11.2. The van der Waals surface area contributed by atoms with Crippen LogP contribution in [0.25, 0.3) is 0 Å². The minimum Gasteiger partial charge on any atom is -0.480 e. The molecule has 0 bridgehead atoms. The van der Waals surface area contributed by atoms with Crippen LogP contribution in [0, 0.1) is 0 Å². The fourth-order valence-corrected chi connectivity index (χ4v) is 1.15. The van der Waals surface area contributed by atoms with Crippen LogP contribution in [0.4, 0.5) is 0 Å². The number of carboxylic acid groups (broad SMARTS) is 1. The first kappa shape index (κ1) is 16.4. The van der Waals surface area contributed by atoms with E-state index in [-0.39, 0.29) is 19.4 Å². The highest BCUT2D eigenvalue weighted by atomic mass is 16.5. The lowest BCUT2D eigenvalue weighted by Crippen LogP contribution is -2.45. The summed E-state index contributed by atoms with van der Waals surface area (Å²) in [4.78, 5) is 33.4. The number of esters is 1. The van der Waals surface area contributed by atoms with Gasteiger partial charge in [0.2, 0.25) is 5.91 Å². The van der Waals surface area contributed by atoms with Gasteiger partial charge in [-0.05, 0) is 20.3 Å². The van der Waals surface area contributed by atoms with E-state index in [1.54, 1.807) is 6.92 Å². The lowest BCUT2D eigenvalue weighted by Gasteiger charge is -2.16. The van der Waals surface area contributed by atoms with E-state index in [4.69, 9.17) is 9.84 Å². The Morgan fingerprint density at radius 2 is 1.94 bits per heavy atom. The predicted octanol–water partition coefficient (Wildman–Crippen LogP) is -0.0660. The number of amides is 1. The summed E-state index contributed by atoms with van der Waals surface area (Å²) in [6, 6.07) is -1.13. The van der Waals surface area contributed by atoms with Gasteiger partial charge in [0.25, 0.3) is 0 Å². The van der Waals surface area contributed by atoms with E-state index in [0.717, 1.165) is 0 Å². The molecule has 7 nitrogen and oxygen atoms in total. The Kier molecular flexibility index (Phi) is 7.69. The molecule has 2 N–H and O–H groups in total. The topological polar surface area (TPSA) is 102 Å². The Hall–Kier alpha value is -1.63. The maximum absolute atomic E-state index is 11.4. The SMILES string of the molecule is CCOC(=O)CC[C@H](NC(=O)C(C)OC)C(=O)O. The minimum absolute atomic E-state index is 0.0175. The lowest BCUT2D eigenvalue weighted by atomic mass is 10.1. The highest BCUT2D eigenvalue weighted by Gasteiger charge is 2.23. The van der Waals surface area contributed by atoms with Gasteiger partial charge in [0.1, 0.15) is 12.1 Å². The van der Waals surface area contributed by atoms with Gasteiger partial charge in [-0.3, -0.25) is 9.59 Å². The Morgan fingerprint density at radius 1 is 1.33 bits per heavy atom. The molecule has 0 aliphatic rings. The normalized spacial score (nSPS) is 13.5. The van der Waals surface area contributed by atoms with Crippen molar-refractivity contribution in [1.29, 1.82) is 0 Å². The summed E-state index contributed by atoms with van der Waals surface area (Å²) in [5.41, 5.74) is 0. The predicted molar refractivity (Wildman–Crippen MR) is 61.9 cm³/mol. The molecule has 0 spiro atoms. The number of aliphatic carboxylic acids is 1. The van der Waals surface area contributed by atoms with E-state index >= 15 is 0 Å². The van der Waals surface area contributed by atoms with Crippen molar-refractivity contribution in [2.45, 2.75) is 38.8 Å². The monoisotopic (exact) mass is 261 g/mol. The smallest absolute Gasteiger partial charge is 0.326 e. The molecule has 1 unspecified atom stereocenters. The molecule has 2 atom stereocenters. The zero-order valence-corrected chi connectivity index (χ0v) is 10.8. The van der Waals surface area contributed by atoms with Gasteiger partial charge in [0.15, 0.2) is 0 Å². The van der Waals surface area contributed by atoms with Crippen molar-refractivity contribution >= 4 is 17.8 Å². The van der Waals surface area contributed by atoms with Gasteiger partial charge < -0.3 is 19.9 Å². The average molecular weight is 261 g/mol. The van der Waals surface area contributed by atoms with Crippen molar-refractivity contribution in [3.63, 3.8) is 0 Å². The summed E-state index contributed by atoms with van der Waals surface area (Å²) in [6.45, 7) is 3.40. The van der Waals surface area contributed by atoms with Gasteiger partial charge in [0.05, 0.1) is 6.61 Å². The van der Waals surface area contributed by atoms with Gasteiger partial charge in [-0.1, -0.05) is 0 Å². The number of hydrogen-bond donors (Lipinski definition) is 2. The standard InChI is InChI=1S/C11H19NO6/c1-4-18-9(13)6-5-8(11(15)16)12-10(14)7(2)17-3/h7-8H,4-6H2,1-3H3,(H,12,14)(H,15,16)/t7?,8-/m0/s1. The molecule has 0 aromatic rings. The number of carbonyl (C=O) groups excluding carboxylic acids is 2. The van der Waals surface area contributed by atoms with Gasteiger partial charge in [-0.2, -0.15) is 0 Å². The summed E-state index contributed by atoms with van der Waals surface area (Å²) < 4.78 is 9.44. The maximum atomic E-state index is 11.4. The van der Waals surface area contributed by atoms with E-state index in [1.807, 2.05) is 0 Å². The van der Waals surface area contributed by atoms with Crippen LogP contribution in [0.2, 0.25) is 0 Å². The molecule has 0 aromatic heterocycles. The van der Waals surface area contributed by atoms with Gasteiger partial charge in [-0.15, -0.1) is 0 Å². The van der Waals surface area contributed by atoms with Crippen molar-refractivity contribution < 1.29 is 29.0 Å². The average Bonchev–Trinajstić information content (AvgIpc) is 2.32. The molecule has 104 valence electrons. The van der Waals surface area contributed by atoms with E-state index < -0.39 is 30.0 Å². The maximum Gasteiger partial charge on any atom is 0.326 e. The van der Waals surface area contributed by atoms with Crippen LogP contribution in [0.5, 0.6) is 0 Å². The number of carbonyl (C=O) groups is 3. The van der Waals surface area contributed by atoms with Crippen LogP contribution >= 0.6 is 0 Å². The van der Waals surface area contributed by atoms with E-state index in [9.17, 15) is 14.4 Å². The third-order valence-corrected chi connectivity index (χ3v) is 2.28.